The predicted molar refractivity (Wildman–Crippen MR) is 101 cm³/mol. The Labute approximate surface area is 159 Å². The maximum atomic E-state index is 12.6. The molecule has 0 aliphatic rings. The predicted octanol–water partition coefficient (Wildman–Crippen LogP) is 4.29. The number of hydrogen-bond donors (Lipinski definition) is 0. The van der Waals surface area contributed by atoms with Gasteiger partial charge in [-0.1, -0.05) is 18.2 Å². The average molecular weight is 403 g/mol. The van der Waals surface area contributed by atoms with E-state index in [1.807, 2.05) is 0 Å². The van der Waals surface area contributed by atoms with Gasteiger partial charge in [0.1, 0.15) is 4.90 Å². The first-order valence-electron chi connectivity index (χ1n) is 7.66. The van der Waals surface area contributed by atoms with Crippen LogP contribution in [0.1, 0.15) is 17.3 Å². The number of thiophene rings is 1. The number of nitro benzene ring substituents is 1. The second kappa shape index (κ2) is 7.29. The van der Waals surface area contributed by atoms with Crippen molar-refractivity contribution in [1.82, 2.24) is 0 Å². The zero-order valence-corrected chi connectivity index (χ0v) is 15.6. The lowest BCUT2D eigenvalue weighted by Gasteiger charge is -2.11. The van der Waals surface area contributed by atoms with Crippen molar-refractivity contribution in [2.75, 3.05) is 0 Å². The summed E-state index contributed by atoms with van der Waals surface area (Å²) in [6.45, 7) is 1.38. The number of non-ortho nitro benzene ring substituents is 1. The fourth-order valence-electron chi connectivity index (χ4n) is 2.35. The number of ketones is 1. The van der Waals surface area contributed by atoms with E-state index in [2.05, 4.69) is 0 Å². The summed E-state index contributed by atoms with van der Waals surface area (Å²) in [5, 5.41) is 12.8. The Kier molecular flexibility index (Phi) is 5.06. The van der Waals surface area contributed by atoms with E-state index in [1.165, 1.54) is 60.7 Å². The topological polar surface area (TPSA) is 104 Å². The van der Waals surface area contributed by atoms with Crippen molar-refractivity contribution in [1.29, 1.82) is 0 Å². The molecule has 0 aliphatic heterocycles. The van der Waals surface area contributed by atoms with Crippen molar-refractivity contribution in [2.45, 2.75) is 11.8 Å². The second-order valence-electron chi connectivity index (χ2n) is 5.53. The van der Waals surface area contributed by atoms with Gasteiger partial charge in [0.15, 0.2) is 11.5 Å². The largest absolute Gasteiger partial charge is 0.378 e. The van der Waals surface area contributed by atoms with Crippen LogP contribution >= 0.6 is 11.3 Å². The smallest absolute Gasteiger partial charge is 0.339 e. The van der Waals surface area contributed by atoms with Gasteiger partial charge in [-0.2, -0.15) is 8.42 Å². The summed E-state index contributed by atoms with van der Waals surface area (Å²) < 4.78 is 30.4. The Morgan fingerprint density at radius 1 is 1.11 bits per heavy atom. The normalized spacial score (nSPS) is 11.1. The zero-order valence-electron chi connectivity index (χ0n) is 14.0. The molecule has 7 nitrogen and oxygen atoms in total. The van der Waals surface area contributed by atoms with E-state index in [0.717, 1.165) is 0 Å². The lowest BCUT2D eigenvalue weighted by atomic mass is 10.1. The number of rotatable bonds is 6. The molecule has 3 rings (SSSR count). The highest BCUT2D eigenvalue weighted by Gasteiger charge is 2.22. The number of carbonyl (C=O) groups is 1. The first-order valence-corrected chi connectivity index (χ1v) is 9.94. The van der Waals surface area contributed by atoms with Crippen molar-refractivity contribution in [3.63, 3.8) is 0 Å². The molecule has 0 N–H and O–H groups in total. The first kappa shape index (κ1) is 18.7. The number of Topliss-reactive ketones (excluding diaryl/α,β-unsaturated/α-hetero) is 1. The summed E-state index contributed by atoms with van der Waals surface area (Å²) in [4.78, 5) is 22.3. The number of hydrogen-bond acceptors (Lipinski definition) is 7. The summed E-state index contributed by atoms with van der Waals surface area (Å²) in [7, 11) is -4.18. The van der Waals surface area contributed by atoms with Gasteiger partial charge in [0.25, 0.3) is 5.69 Å². The van der Waals surface area contributed by atoms with Gasteiger partial charge in [-0.3, -0.25) is 14.9 Å². The molecule has 2 aromatic carbocycles. The van der Waals surface area contributed by atoms with E-state index in [1.54, 1.807) is 17.5 Å². The third kappa shape index (κ3) is 4.04. The Bertz CT molecular complexity index is 1100. The lowest BCUT2D eigenvalue weighted by Crippen LogP contribution is -2.10. The second-order valence-corrected chi connectivity index (χ2v) is 8.03. The maximum Gasteiger partial charge on any atom is 0.339 e. The van der Waals surface area contributed by atoms with E-state index in [4.69, 9.17) is 4.18 Å². The van der Waals surface area contributed by atoms with Crippen molar-refractivity contribution in [3.05, 3.63) is 75.7 Å². The molecule has 0 saturated carbocycles. The van der Waals surface area contributed by atoms with E-state index in [-0.39, 0.29) is 22.1 Å². The SMILES string of the molecule is CC(=O)c1ccc(S(=O)(=O)Oc2ccc([N+](=O)[O-])cc2-c2cccs2)cc1. The highest BCUT2D eigenvalue weighted by atomic mass is 32.2. The molecule has 1 heterocycles. The molecule has 27 heavy (non-hydrogen) atoms. The van der Waals surface area contributed by atoms with Crippen LogP contribution in [0.2, 0.25) is 0 Å². The molecule has 0 amide bonds. The summed E-state index contributed by atoms with van der Waals surface area (Å²) in [6, 6.07) is 12.5. The molecule has 138 valence electrons. The Morgan fingerprint density at radius 3 is 2.37 bits per heavy atom. The Hall–Kier alpha value is -3.04. The van der Waals surface area contributed by atoms with Crippen LogP contribution in [0.25, 0.3) is 10.4 Å². The summed E-state index contributed by atoms with van der Waals surface area (Å²) in [5.41, 5.74) is 0.514. The van der Waals surface area contributed by atoms with Gasteiger partial charge in [0.2, 0.25) is 0 Å². The lowest BCUT2D eigenvalue weighted by molar-refractivity contribution is -0.384. The van der Waals surface area contributed by atoms with Crippen LogP contribution < -0.4 is 4.18 Å². The monoisotopic (exact) mass is 403 g/mol. The van der Waals surface area contributed by atoms with E-state index >= 15 is 0 Å². The zero-order chi connectivity index (χ0) is 19.6. The molecule has 0 atom stereocenters. The highest BCUT2D eigenvalue weighted by Crippen LogP contribution is 2.37. The van der Waals surface area contributed by atoms with E-state index in [0.29, 0.717) is 16.0 Å². The van der Waals surface area contributed by atoms with Gasteiger partial charge in [0.05, 0.1) is 4.92 Å². The van der Waals surface area contributed by atoms with Crippen molar-refractivity contribution >= 4 is 32.9 Å². The quantitative estimate of drug-likeness (QED) is 0.263. The molecule has 0 radical (unpaired) electrons. The van der Waals surface area contributed by atoms with Crippen LogP contribution in [0, 0.1) is 10.1 Å². The summed E-state index contributed by atoms with van der Waals surface area (Å²) >= 11 is 1.30. The maximum absolute atomic E-state index is 12.6. The molecule has 0 unspecified atom stereocenters. The minimum atomic E-state index is -4.18. The van der Waals surface area contributed by atoms with Crippen molar-refractivity contribution < 1.29 is 22.3 Å². The van der Waals surface area contributed by atoms with Crippen molar-refractivity contribution in [3.8, 4) is 16.2 Å². The molecule has 0 spiro atoms. The number of benzene rings is 2. The molecular formula is C18H13NO6S2. The molecular weight excluding hydrogens is 390 g/mol. The minimum absolute atomic E-state index is 0.0151. The van der Waals surface area contributed by atoms with Crippen LogP contribution in [0.3, 0.4) is 0 Å². The van der Waals surface area contributed by atoms with Gasteiger partial charge in [-0.05, 0) is 36.6 Å². The molecule has 0 fully saturated rings. The standard InChI is InChI=1S/C18H13NO6S2/c1-12(20)13-4-7-15(8-5-13)27(23,24)25-17-9-6-14(19(21)22)11-16(17)18-3-2-10-26-18/h2-11H,1H3. The number of carbonyl (C=O) groups excluding carboxylic acids is 1. The number of nitrogens with zero attached hydrogens (tertiary/aromatic N) is 1. The molecule has 0 bridgehead atoms. The Balaban J connectivity index is 2.01. The van der Waals surface area contributed by atoms with Gasteiger partial charge >= 0.3 is 10.1 Å². The molecule has 0 aliphatic carbocycles. The van der Waals surface area contributed by atoms with Gasteiger partial charge < -0.3 is 4.18 Å². The third-order valence-corrected chi connectivity index (χ3v) is 5.86. The fourth-order valence-corrected chi connectivity index (χ4v) is 4.05. The Morgan fingerprint density at radius 2 is 1.81 bits per heavy atom. The summed E-state index contributed by atoms with van der Waals surface area (Å²) in [5.74, 6) is -0.200. The first-order chi connectivity index (χ1) is 12.8. The van der Waals surface area contributed by atoms with E-state index < -0.39 is 15.0 Å². The van der Waals surface area contributed by atoms with Gasteiger partial charge in [-0.15, -0.1) is 11.3 Å². The minimum Gasteiger partial charge on any atom is -0.378 e. The molecule has 0 saturated heterocycles. The molecule has 3 aromatic rings. The fraction of sp³-hybridized carbons (Fsp3) is 0.0556. The van der Waals surface area contributed by atoms with Gasteiger partial charge in [-0.25, -0.2) is 0 Å². The van der Waals surface area contributed by atoms with Crippen LogP contribution in [-0.4, -0.2) is 19.1 Å². The molecule has 1 aromatic heterocycles. The highest BCUT2D eigenvalue weighted by molar-refractivity contribution is 7.87. The van der Waals surface area contributed by atoms with Crippen LogP contribution in [0.5, 0.6) is 5.75 Å². The molecule has 9 heteroatoms. The van der Waals surface area contributed by atoms with Crippen LogP contribution in [0.15, 0.2) is 64.9 Å². The van der Waals surface area contributed by atoms with Crippen LogP contribution in [0.4, 0.5) is 5.69 Å². The van der Waals surface area contributed by atoms with Crippen molar-refractivity contribution in [2.24, 2.45) is 0 Å². The number of nitro groups is 1. The summed E-state index contributed by atoms with van der Waals surface area (Å²) in [6.07, 6.45) is 0. The average Bonchev–Trinajstić information content (AvgIpc) is 3.16. The van der Waals surface area contributed by atoms with Gasteiger partial charge in [0, 0.05) is 28.1 Å². The van der Waals surface area contributed by atoms with Crippen LogP contribution in [-0.2, 0) is 10.1 Å². The third-order valence-electron chi connectivity index (χ3n) is 3.71. The van der Waals surface area contributed by atoms with E-state index in [9.17, 15) is 23.3 Å².